The second kappa shape index (κ2) is 5.36. The van der Waals surface area contributed by atoms with Gasteiger partial charge in [0.05, 0.1) is 11.0 Å². The highest BCUT2D eigenvalue weighted by molar-refractivity contribution is 5.96. The highest BCUT2D eigenvalue weighted by atomic mass is 16.6. The predicted molar refractivity (Wildman–Crippen MR) is 70.1 cm³/mol. The minimum atomic E-state index is -0.476. The van der Waals surface area contributed by atoms with Crippen molar-refractivity contribution in [3.05, 3.63) is 33.9 Å². The Labute approximate surface area is 110 Å². The summed E-state index contributed by atoms with van der Waals surface area (Å²) >= 11 is 0. The summed E-state index contributed by atoms with van der Waals surface area (Å²) < 4.78 is 0. The van der Waals surface area contributed by atoms with Gasteiger partial charge in [-0.3, -0.25) is 14.9 Å². The molecule has 1 heterocycles. The first-order valence-corrected chi connectivity index (χ1v) is 6.25. The standard InChI is InChI=1S/C13H16N2O4/c1-9(16)6-7-14-12-4-3-11(15(18)19)8-10(12)2-5-13(14)17/h3-4,8-9,16H,2,5-7H2,1H3. The maximum atomic E-state index is 11.9. The quantitative estimate of drug-likeness (QED) is 0.662. The lowest BCUT2D eigenvalue weighted by Crippen LogP contribution is -2.36. The van der Waals surface area contributed by atoms with Crippen LogP contribution in [0.2, 0.25) is 0 Å². The Morgan fingerprint density at radius 2 is 2.21 bits per heavy atom. The van der Waals surface area contributed by atoms with E-state index in [2.05, 4.69) is 0 Å². The van der Waals surface area contributed by atoms with Crippen LogP contribution in [0.4, 0.5) is 11.4 Å². The molecule has 0 spiro atoms. The van der Waals surface area contributed by atoms with Gasteiger partial charge in [-0.2, -0.15) is 0 Å². The van der Waals surface area contributed by atoms with E-state index in [-0.39, 0.29) is 11.6 Å². The lowest BCUT2D eigenvalue weighted by molar-refractivity contribution is -0.384. The summed E-state index contributed by atoms with van der Waals surface area (Å²) in [6.45, 7) is 2.10. The zero-order chi connectivity index (χ0) is 14.0. The number of nitro benzene ring substituents is 1. The molecule has 1 aromatic rings. The minimum Gasteiger partial charge on any atom is -0.393 e. The van der Waals surface area contributed by atoms with E-state index in [4.69, 9.17) is 0 Å². The van der Waals surface area contributed by atoms with Gasteiger partial charge in [0, 0.05) is 30.8 Å². The number of aliphatic hydroxyl groups is 1. The van der Waals surface area contributed by atoms with E-state index in [0.717, 1.165) is 11.3 Å². The fourth-order valence-electron chi connectivity index (χ4n) is 2.22. The van der Waals surface area contributed by atoms with Gasteiger partial charge in [0.1, 0.15) is 0 Å². The molecule has 1 aliphatic rings. The molecule has 0 bridgehead atoms. The SMILES string of the molecule is CC(O)CCN1C(=O)CCc2cc([N+](=O)[O-])ccc21. The van der Waals surface area contributed by atoms with E-state index in [1.807, 2.05) is 0 Å². The number of hydrogen-bond donors (Lipinski definition) is 1. The van der Waals surface area contributed by atoms with Crippen molar-refractivity contribution in [3.8, 4) is 0 Å². The predicted octanol–water partition coefficient (Wildman–Crippen LogP) is 1.64. The van der Waals surface area contributed by atoms with Crippen molar-refractivity contribution in [2.24, 2.45) is 0 Å². The van der Waals surface area contributed by atoms with Crippen molar-refractivity contribution in [3.63, 3.8) is 0 Å². The summed E-state index contributed by atoms with van der Waals surface area (Å²) in [5.74, 6) is 0.00185. The largest absolute Gasteiger partial charge is 0.393 e. The minimum absolute atomic E-state index is 0.00185. The zero-order valence-corrected chi connectivity index (χ0v) is 10.7. The molecule has 1 unspecified atom stereocenters. The van der Waals surface area contributed by atoms with Crippen LogP contribution in [0.5, 0.6) is 0 Å². The first-order chi connectivity index (χ1) is 8.99. The van der Waals surface area contributed by atoms with Gasteiger partial charge in [0.25, 0.3) is 5.69 Å². The summed E-state index contributed by atoms with van der Waals surface area (Å²) in [6.07, 6.45) is 0.896. The number of aliphatic hydroxyl groups excluding tert-OH is 1. The smallest absolute Gasteiger partial charge is 0.269 e. The van der Waals surface area contributed by atoms with Crippen LogP contribution in [-0.4, -0.2) is 28.6 Å². The van der Waals surface area contributed by atoms with E-state index < -0.39 is 11.0 Å². The summed E-state index contributed by atoms with van der Waals surface area (Å²) in [7, 11) is 0. The Kier molecular flexibility index (Phi) is 3.80. The highest BCUT2D eigenvalue weighted by Gasteiger charge is 2.25. The number of non-ortho nitro benzene ring substituents is 1. The molecule has 2 rings (SSSR count). The number of amides is 1. The number of rotatable bonds is 4. The summed E-state index contributed by atoms with van der Waals surface area (Å²) in [5.41, 5.74) is 1.59. The Bertz CT molecular complexity index is 513. The third-order valence-corrected chi connectivity index (χ3v) is 3.24. The van der Waals surface area contributed by atoms with Crippen molar-refractivity contribution in [1.82, 2.24) is 0 Å². The number of carbonyl (C=O) groups is 1. The average molecular weight is 264 g/mol. The number of benzene rings is 1. The molecule has 19 heavy (non-hydrogen) atoms. The van der Waals surface area contributed by atoms with Crippen molar-refractivity contribution < 1.29 is 14.8 Å². The summed E-state index contributed by atoms with van der Waals surface area (Å²) in [4.78, 5) is 23.8. The first kappa shape index (κ1) is 13.5. The number of anilines is 1. The molecule has 0 aromatic heterocycles. The molecule has 0 aliphatic carbocycles. The topological polar surface area (TPSA) is 83.7 Å². The Morgan fingerprint density at radius 3 is 2.84 bits per heavy atom. The van der Waals surface area contributed by atoms with Crippen molar-refractivity contribution in [2.45, 2.75) is 32.3 Å². The monoisotopic (exact) mass is 264 g/mol. The fraction of sp³-hybridized carbons (Fsp3) is 0.462. The Morgan fingerprint density at radius 1 is 1.47 bits per heavy atom. The molecular formula is C13H16N2O4. The molecule has 1 atom stereocenters. The molecule has 1 amide bonds. The summed E-state index contributed by atoms with van der Waals surface area (Å²) in [5, 5.41) is 20.0. The molecule has 1 aromatic carbocycles. The molecule has 1 aliphatic heterocycles. The molecule has 0 radical (unpaired) electrons. The van der Waals surface area contributed by atoms with Gasteiger partial charge in [-0.05, 0) is 31.4 Å². The van der Waals surface area contributed by atoms with Gasteiger partial charge in [-0.15, -0.1) is 0 Å². The maximum Gasteiger partial charge on any atom is 0.269 e. The normalized spacial score (nSPS) is 16.1. The van der Waals surface area contributed by atoms with E-state index in [1.165, 1.54) is 12.1 Å². The molecule has 102 valence electrons. The molecule has 6 nitrogen and oxygen atoms in total. The van der Waals surface area contributed by atoms with Crippen molar-refractivity contribution >= 4 is 17.3 Å². The lowest BCUT2D eigenvalue weighted by atomic mass is 10.00. The third-order valence-electron chi connectivity index (χ3n) is 3.24. The summed E-state index contributed by atoms with van der Waals surface area (Å²) in [6, 6.07) is 4.55. The van der Waals surface area contributed by atoms with Gasteiger partial charge in [0.15, 0.2) is 0 Å². The Hall–Kier alpha value is -1.95. The second-order valence-electron chi connectivity index (χ2n) is 4.75. The van der Waals surface area contributed by atoms with Crippen LogP contribution in [0, 0.1) is 10.1 Å². The van der Waals surface area contributed by atoms with E-state index in [9.17, 15) is 20.0 Å². The number of aryl methyl sites for hydroxylation is 1. The number of nitrogens with zero attached hydrogens (tertiary/aromatic N) is 2. The number of fused-ring (bicyclic) bond motifs is 1. The molecular weight excluding hydrogens is 248 g/mol. The van der Waals surface area contributed by atoms with E-state index >= 15 is 0 Å². The number of hydrogen-bond acceptors (Lipinski definition) is 4. The van der Waals surface area contributed by atoms with Crippen LogP contribution in [0.25, 0.3) is 0 Å². The van der Waals surface area contributed by atoms with Crippen LogP contribution in [0.1, 0.15) is 25.3 Å². The van der Waals surface area contributed by atoms with Crippen molar-refractivity contribution in [2.75, 3.05) is 11.4 Å². The van der Waals surface area contributed by atoms with Gasteiger partial charge < -0.3 is 10.0 Å². The molecule has 6 heteroatoms. The van der Waals surface area contributed by atoms with Crippen molar-refractivity contribution in [1.29, 1.82) is 0 Å². The number of nitro groups is 1. The van der Waals surface area contributed by atoms with E-state index in [0.29, 0.717) is 25.8 Å². The average Bonchev–Trinajstić information content (AvgIpc) is 2.36. The first-order valence-electron chi connectivity index (χ1n) is 6.25. The zero-order valence-electron chi connectivity index (χ0n) is 10.7. The van der Waals surface area contributed by atoms with Gasteiger partial charge in [-0.25, -0.2) is 0 Å². The van der Waals surface area contributed by atoms with Gasteiger partial charge in [-0.1, -0.05) is 0 Å². The molecule has 0 saturated carbocycles. The third kappa shape index (κ3) is 2.90. The van der Waals surface area contributed by atoms with Crippen LogP contribution >= 0.6 is 0 Å². The fourth-order valence-corrected chi connectivity index (χ4v) is 2.22. The molecule has 0 fully saturated rings. The van der Waals surface area contributed by atoms with Crippen LogP contribution in [0.15, 0.2) is 18.2 Å². The van der Waals surface area contributed by atoms with Gasteiger partial charge >= 0.3 is 0 Å². The maximum absolute atomic E-state index is 11.9. The molecule has 1 N–H and O–H groups in total. The van der Waals surface area contributed by atoms with Crippen LogP contribution in [-0.2, 0) is 11.2 Å². The van der Waals surface area contributed by atoms with Crippen LogP contribution < -0.4 is 4.90 Å². The molecule has 0 saturated heterocycles. The Balaban J connectivity index is 2.28. The van der Waals surface area contributed by atoms with E-state index in [1.54, 1.807) is 17.9 Å². The second-order valence-corrected chi connectivity index (χ2v) is 4.75. The van der Waals surface area contributed by atoms with Crippen LogP contribution in [0.3, 0.4) is 0 Å². The number of carbonyl (C=O) groups excluding carboxylic acids is 1. The lowest BCUT2D eigenvalue weighted by Gasteiger charge is -2.29. The highest BCUT2D eigenvalue weighted by Crippen LogP contribution is 2.31. The van der Waals surface area contributed by atoms with Gasteiger partial charge in [0.2, 0.25) is 5.91 Å².